The third-order valence-corrected chi connectivity index (χ3v) is 3.18. The Hall–Kier alpha value is -1.35. The molecule has 0 saturated carbocycles. The van der Waals surface area contributed by atoms with Gasteiger partial charge in [-0.2, -0.15) is 0 Å². The van der Waals surface area contributed by atoms with Crippen LogP contribution in [0.5, 0.6) is 0 Å². The maximum atomic E-state index is 10.9. The predicted octanol–water partition coefficient (Wildman–Crippen LogP) is 2.76. The van der Waals surface area contributed by atoms with Crippen LogP contribution in [0.2, 0.25) is 0 Å². The van der Waals surface area contributed by atoms with Crippen LogP contribution >= 0.6 is 0 Å². The van der Waals surface area contributed by atoms with Crippen molar-refractivity contribution in [2.24, 2.45) is 5.41 Å². The van der Waals surface area contributed by atoms with Crippen LogP contribution in [0, 0.1) is 12.3 Å². The Bertz CT molecular complexity index is 399. The van der Waals surface area contributed by atoms with Crippen LogP contribution in [0.3, 0.4) is 0 Å². The number of hydrogen-bond donors (Lipinski definition) is 2. The third-order valence-electron chi connectivity index (χ3n) is 3.18. The molecule has 0 bridgehead atoms. The summed E-state index contributed by atoms with van der Waals surface area (Å²) < 4.78 is 0. The Labute approximate surface area is 103 Å². The van der Waals surface area contributed by atoms with Crippen LogP contribution in [-0.2, 0) is 4.79 Å². The second-order valence-electron chi connectivity index (χ2n) is 5.14. The fraction of sp³-hybridized carbons (Fsp3) is 0.500. The second kappa shape index (κ2) is 5.32. The van der Waals surface area contributed by atoms with Gasteiger partial charge in [0.05, 0.1) is 6.42 Å². The van der Waals surface area contributed by atoms with E-state index in [1.165, 1.54) is 11.1 Å². The summed E-state index contributed by atoms with van der Waals surface area (Å²) >= 11 is 0. The molecule has 1 unspecified atom stereocenters. The van der Waals surface area contributed by atoms with Crippen LogP contribution in [0.4, 0.5) is 0 Å². The summed E-state index contributed by atoms with van der Waals surface area (Å²) in [6.07, 6.45) is 0.146. The maximum Gasteiger partial charge on any atom is 0.303 e. The SMILES string of the molecule is CNC(c1ccccc1C)C(C)(C)CC(=O)O. The number of hydrogen-bond acceptors (Lipinski definition) is 2. The Kier molecular flexibility index (Phi) is 4.29. The van der Waals surface area contributed by atoms with Crippen molar-refractivity contribution in [2.45, 2.75) is 33.2 Å². The van der Waals surface area contributed by atoms with Gasteiger partial charge in [0.2, 0.25) is 0 Å². The summed E-state index contributed by atoms with van der Waals surface area (Å²) in [7, 11) is 1.88. The smallest absolute Gasteiger partial charge is 0.303 e. The number of carbonyl (C=O) groups is 1. The van der Waals surface area contributed by atoms with E-state index in [4.69, 9.17) is 5.11 Å². The molecular weight excluding hydrogens is 214 g/mol. The molecule has 0 fully saturated rings. The van der Waals surface area contributed by atoms with Crippen molar-refractivity contribution in [3.8, 4) is 0 Å². The van der Waals surface area contributed by atoms with E-state index in [1.807, 2.05) is 33.0 Å². The highest BCUT2D eigenvalue weighted by Crippen LogP contribution is 2.37. The van der Waals surface area contributed by atoms with E-state index >= 15 is 0 Å². The van der Waals surface area contributed by atoms with Gasteiger partial charge in [-0.1, -0.05) is 38.1 Å². The van der Waals surface area contributed by atoms with Gasteiger partial charge in [0.25, 0.3) is 0 Å². The topological polar surface area (TPSA) is 49.3 Å². The largest absolute Gasteiger partial charge is 0.481 e. The Morgan fingerprint density at radius 3 is 2.47 bits per heavy atom. The van der Waals surface area contributed by atoms with Crippen molar-refractivity contribution >= 4 is 5.97 Å². The highest BCUT2D eigenvalue weighted by atomic mass is 16.4. The van der Waals surface area contributed by atoms with Gasteiger partial charge in [-0.15, -0.1) is 0 Å². The van der Waals surface area contributed by atoms with E-state index in [0.29, 0.717) is 0 Å². The average Bonchev–Trinajstić information content (AvgIpc) is 2.19. The molecule has 0 aromatic heterocycles. The number of rotatable bonds is 5. The van der Waals surface area contributed by atoms with Gasteiger partial charge in [-0.25, -0.2) is 0 Å². The van der Waals surface area contributed by atoms with Crippen molar-refractivity contribution in [1.29, 1.82) is 0 Å². The Morgan fingerprint density at radius 2 is 2.00 bits per heavy atom. The lowest BCUT2D eigenvalue weighted by Crippen LogP contribution is -2.34. The number of benzene rings is 1. The maximum absolute atomic E-state index is 10.9. The van der Waals surface area contributed by atoms with Gasteiger partial charge < -0.3 is 10.4 Å². The molecule has 3 heteroatoms. The molecule has 1 atom stereocenters. The molecule has 0 aliphatic rings. The second-order valence-corrected chi connectivity index (χ2v) is 5.14. The summed E-state index contributed by atoms with van der Waals surface area (Å²) in [6, 6.07) is 8.13. The summed E-state index contributed by atoms with van der Waals surface area (Å²) in [5, 5.41) is 12.2. The van der Waals surface area contributed by atoms with Crippen molar-refractivity contribution in [3.05, 3.63) is 35.4 Å². The molecule has 0 radical (unpaired) electrons. The molecule has 94 valence electrons. The Balaban J connectivity index is 3.07. The van der Waals surface area contributed by atoms with E-state index in [0.717, 1.165) is 0 Å². The molecule has 1 aromatic rings. The fourth-order valence-corrected chi connectivity index (χ4v) is 2.37. The quantitative estimate of drug-likeness (QED) is 0.825. The van der Waals surface area contributed by atoms with Gasteiger partial charge >= 0.3 is 5.97 Å². The van der Waals surface area contributed by atoms with Gasteiger partial charge in [0.15, 0.2) is 0 Å². The van der Waals surface area contributed by atoms with E-state index < -0.39 is 5.97 Å². The minimum absolute atomic E-state index is 0.0415. The molecule has 1 rings (SSSR count). The lowest BCUT2D eigenvalue weighted by Gasteiger charge is -2.34. The third kappa shape index (κ3) is 3.30. The first-order valence-electron chi connectivity index (χ1n) is 5.83. The Morgan fingerprint density at radius 1 is 1.41 bits per heavy atom. The van der Waals surface area contributed by atoms with E-state index in [9.17, 15) is 4.79 Å². The number of carboxylic acids is 1. The van der Waals surface area contributed by atoms with E-state index in [2.05, 4.69) is 24.4 Å². The summed E-state index contributed by atoms with van der Waals surface area (Å²) in [4.78, 5) is 10.9. The first-order valence-corrected chi connectivity index (χ1v) is 5.83. The summed E-state index contributed by atoms with van der Waals surface area (Å²) in [5.41, 5.74) is 2.03. The molecule has 0 amide bonds. The average molecular weight is 235 g/mol. The minimum Gasteiger partial charge on any atom is -0.481 e. The molecule has 0 saturated heterocycles. The van der Waals surface area contributed by atoms with Gasteiger partial charge in [-0.3, -0.25) is 4.79 Å². The van der Waals surface area contributed by atoms with Crippen LogP contribution in [-0.4, -0.2) is 18.1 Å². The lowest BCUT2D eigenvalue weighted by atomic mass is 9.77. The molecular formula is C14H21NO2. The van der Waals surface area contributed by atoms with Gasteiger partial charge in [-0.05, 0) is 30.5 Å². The fourth-order valence-electron chi connectivity index (χ4n) is 2.37. The standard InChI is InChI=1S/C14H21NO2/c1-10-7-5-6-8-11(10)13(15-4)14(2,3)9-12(16)17/h5-8,13,15H,9H2,1-4H3,(H,16,17). The van der Waals surface area contributed by atoms with E-state index in [1.54, 1.807) is 0 Å². The molecule has 3 nitrogen and oxygen atoms in total. The van der Waals surface area contributed by atoms with E-state index in [-0.39, 0.29) is 17.9 Å². The zero-order valence-electron chi connectivity index (χ0n) is 10.9. The predicted molar refractivity (Wildman–Crippen MR) is 69.0 cm³/mol. The van der Waals surface area contributed by atoms with Crippen LogP contribution in [0.1, 0.15) is 37.4 Å². The van der Waals surface area contributed by atoms with Crippen molar-refractivity contribution in [2.75, 3.05) is 7.05 Å². The molecule has 0 spiro atoms. The molecule has 1 aromatic carbocycles. The highest BCUT2D eigenvalue weighted by molar-refractivity contribution is 5.67. The van der Waals surface area contributed by atoms with Crippen LogP contribution in [0.25, 0.3) is 0 Å². The monoisotopic (exact) mass is 235 g/mol. The van der Waals surface area contributed by atoms with Crippen molar-refractivity contribution < 1.29 is 9.90 Å². The number of aryl methyl sites for hydroxylation is 1. The highest BCUT2D eigenvalue weighted by Gasteiger charge is 2.32. The zero-order valence-corrected chi connectivity index (χ0v) is 10.9. The molecule has 17 heavy (non-hydrogen) atoms. The normalized spacial score (nSPS) is 13.4. The van der Waals surface area contributed by atoms with Crippen LogP contribution < -0.4 is 5.32 Å². The molecule has 2 N–H and O–H groups in total. The van der Waals surface area contributed by atoms with Gasteiger partial charge in [0, 0.05) is 6.04 Å². The molecule has 0 aliphatic carbocycles. The minimum atomic E-state index is -0.760. The zero-order chi connectivity index (χ0) is 13.1. The summed E-state index contributed by atoms with van der Waals surface area (Å²) in [6.45, 7) is 6.01. The first kappa shape index (κ1) is 13.7. The van der Waals surface area contributed by atoms with Crippen molar-refractivity contribution in [1.82, 2.24) is 5.32 Å². The molecule has 0 aliphatic heterocycles. The number of aliphatic carboxylic acids is 1. The van der Waals surface area contributed by atoms with Crippen molar-refractivity contribution in [3.63, 3.8) is 0 Å². The molecule has 0 heterocycles. The summed E-state index contributed by atoms with van der Waals surface area (Å²) in [5.74, 6) is -0.760. The number of carboxylic acid groups (broad SMARTS) is 1. The van der Waals surface area contributed by atoms with Crippen LogP contribution in [0.15, 0.2) is 24.3 Å². The lowest BCUT2D eigenvalue weighted by molar-refractivity contribution is -0.139. The van der Waals surface area contributed by atoms with Gasteiger partial charge in [0.1, 0.15) is 0 Å². The number of nitrogens with one attached hydrogen (secondary N) is 1. The first-order chi connectivity index (χ1) is 7.88.